The lowest BCUT2D eigenvalue weighted by molar-refractivity contribution is 0.0941. The molecule has 0 fully saturated rings. The molecule has 1 atom stereocenters. The number of aryl methyl sites for hydroxylation is 1. The van der Waals surface area contributed by atoms with Gasteiger partial charge in [0.05, 0.1) is 5.02 Å². The predicted molar refractivity (Wildman–Crippen MR) is 92.0 cm³/mol. The highest BCUT2D eigenvalue weighted by Gasteiger charge is 2.22. The number of carbonyl (C=O) groups is 1. The van der Waals surface area contributed by atoms with Crippen LogP contribution in [0.15, 0.2) is 54.9 Å². The molecule has 25 heavy (non-hydrogen) atoms. The molecule has 7 heteroatoms. The number of benzene rings is 2. The minimum Gasteiger partial charge on any atom is -0.506 e. The summed E-state index contributed by atoms with van der Waals surface area (Å²) in [6.07, 6.45) is 3.38. The number of phenols is 1. The average Bonchev–Trinajstić information content (AvgIpc) is 3.01. The van der Waals surface area contributed by atoms with Crippen molar-refractivity contribution in [1.29, 1.82) is 0 Å². The fourth-order valence-corrected chi connectivity index (χ4v) is 2.65. The molecule has 0 aliphatic carbocycles. The number of nitrogens with one attached hydrogen (secondary N) is 1. The van der Waals surface area contributed by atoms with Gasteiger partial charge in [0.15, 0.2) is 0 Å². The Bertz CT molecular complexity index is 909. The normalized spacial score (nSPS) is 12.0. The molecular formula is C18H15ClFN3O2. The van der Waals surface area contributed by atoms with Crippen LogP contribution in [0.4, 0.5) is 4.39 Å². The van der Waals surface area contributed by atoms with Crippen LogP contribution >= 0.6 is 11.6 Å². The second-order valence-electron chi connectivity index (χ2n) is 5.52. The number of rotatable bonds is 4. The maximum absolute atomic E-state index is 13.2. The predicted octanol–water partition coefficient (Wildman–Crippen LogP) is 3.44. The smallest absolute Gasteiger partial charge is 0.252 e. The highest BCUT2D eigenvalue weighted by atomic mass is 35.5. The fourth-order valence-electron chi connectivity index (χ4n) is 2.47. The Morgan fingerprint density at radius 1 is 1.28 bits per heavy atom. The molecule has 0 saturated heterocycles. The van der Waals surface area contributed by atoms with Crippen molar-refractivity contribution in [1.82, 2.24) is 14.9 Å². The summed E-state index contributed by atoms with van der Waals surface area (Å²) in [6.45, 7) is 0. The molecular weight excluding hydrogens is 345 g/mol. The molecule has 1 aromatic heterocycles. The van der Waals surface area contributed by atoms with Crippen LogP contribution in [0.1, 0.15) is 27.8 Å². The van der Waals surface area contributed by atoms with Crippen molar-refractivity contribution in [2.24, 2.45) is 7.05 Å². The zero-order valence-corrected chi connectivity index (χ0v) is 14.0. The minimum atomic E-state index is -0.569. The lowest BCUT2D eigenvalue weighted by Crippen LogP contribution is -2.31. The van der Waals surface area contributed by atoms with E-state index in [1.165, 1.54) is 30.3 Å². The van der Waals surface area contributed by atoms with Gasteiger partial charge in [0.25, 0.3) is 5.91 Å². The number of hydrogen-bond donors (Lipinski definition) is 2. The number of aromatic hydroxyl groups is 1. The van der Waals surface area contributed by atoms with E-state index in [4.69, 9.17) is 11.6 Å². The van der Waals surface area contributed by atoms with E-state index in [0.29, 0.717) is 17.0 Å². The second kappa shape index (κ2) is 6.94. The molecule has 0 aliphatic heterocycles. The van der Waals surface area contributed by atoms with Gasteiger partial charge in [-0.2, -0.15) is 0 Å². The first-order valence-electron chi connectivity index (χ1n) is 7.48. The quantitative estimate of drug-likeness (QED) is 0.750. The summed E-state index contributed by atoms with van der Waals surface area (Å²) in [7, 11) is 1.81. The van der Waals surface area contributed by atoms with Crippen LogP contribution in [-0.4, -0.2) is 20.6 Å². The highest BCUT2D eigenvalue weighted by molar-refractivity contribution is 6.32. The highest BCUT2D eigenvalue weighted by Crippen LogP contribution is 2.25. The van der Waals surface area contributed by atoms with E-state index in [9.17, 15) is 14.3 Å². The summed E-state index contributed by atoms with van der Waals surface area (Å²) in [5, 5.41) is 12.4. The van der Waals surface area contributed by atoms with Gasteiger partial charge in [0.1, 0.15) is 23.4 Å². The molecule has 0 radical (unpaired) electrons. The minimum absolute atomic E-state index is 0.0861. The van der Waals surface area contributed by atoms with Gasteiger partial charge < -0.3 is 15.0 Å². The first-order valence-corrected chi connectivity index (χ1v) is 7.85. The molecule has 3 aromatic rings. The van der Waals surface area contributed by atoms with Gasteiger partial charge in [0.2, 0.25) is 0 Å². The van der Waals surface area contributed by atoms with Crippen molar-refractivity contribution >= 4 is 17.5 Å². The lowest BCUT2D eigenvalue weighted by atomic mass is 10.1. The summed E-state index contributed by atoms with van der Waals surface area (Å²) in [5.41, 5.74) is 0.984. The van der Waals surface area contributed by atoms with Crippen molar-refractivity contribution < 1.29 is 14.3 Å². The van der Waals surface area contributed by atoms with Crippen LogP contribution in [0.3, 0.4) is 0 Å². The number of halogens is 2. The summed E-state index contributed by atoms with van der Waals surface area (Å²) in [5.74, 6) is -0.250. The van der Waals surface area contributed by atoms with E-state index < -0.39 is 6.04 Å². The van der Waals surface area contributed by atoms with E-state index in [1.807, 2.05) is 7.05 Å². The second-order valence-corrected chi connectivity index (χ2v) is 5.93. The Morgan fingerprint density at radius 3 is 2.60 bits per heavy atom. The molecule has 128 valence electrons. The SMILES string of the molecule is Cn1ccnc1C(NC(=O)c1ccc(O)c(Cl)c1)c1ccc(F)cc1. The van der Waals surface area contributed by atoms with E-state index in [-0.39, 0.29) is 22.5 Å². The van der Waals surface area contributed by atoms with E-state index in [1.54, 1.807) is 29.1 Å². The number of imidazole rings is 1. The number of amides is 1. The van der Waals surface area contributed by atoms with Crippen molar-refractivity contribution in [3.05, 3.63) is 82.6 Å². The maximum atomic E-state index is 13.2. The maximum Gasteiger partial charge on any atom is 0.252 e. The number of nitrogens with zero attached hydrogens (tertiary/aromatic N) is 2. The van der Waals surface area contributed by atoms with Gasteiger partial charge in [-0.3, -0.25) is 4.79 Å². The molecule has 3 rings (SSSR count). The van der Waals surface area contributed by atoms with Gasteiger partial charge in [-0.1, -0.05) is 23.7 Å². The van der Waals surface area contributed by atoms with E-state index >= 15 is 0 Å². The zero-order chi connectivity index (χ0) is 18.0. The largest absolute Gasteiger partial charge is 0.506 e. The van der Waals surface area contributed by atoms with Crippen LogP contribution in [0.5, 0.6) is 5.75 Å². The molecule has 1 unspecified atom stereocenters. The van der Waals surface area contributed by atoms with Gasteiger partial charge in [-0.05, 0) is 35.9 Å². The van der Waals surface area contributed by atoms with Crippen molar-refractivity contribution in [3.63, 3.8) is 0 Å². The molecule has 0 saturated carbocycles. The number of aromatic nitrogens is 2. The van der Waals surface area contributed by atoms with Crippen LogP contribution in [-0.2, 0) is 7.05 Å². The first kappa shape index (κ1) is 17.0. The van der Waals surface area contributed by atoms with Gasteiger partial charge in [0, 0.05) is 25.0 Å². The third-order valence-electron chi connectivity index (χ3n) is 3.81. The lowest BCUT2D eigenvalue weighted by Gasteiger charge is -2.19. The third-order valence-corrected chi connectivity index (χ3v) is 4.11. The molecule has 0 spiro atoms. The van der Waals surface area contributed by atoms with Gasteiger partial charge >= 0.3 is 0 Å². The topological polar surface area (TPSA) is 67.2 Å². The van der Waals surface area contributed by atoms with Gasteiger partial charge in [-0.25, -0.2) is 9.37 Å². The van der Waals surface area contributed by atoms with Crippen molar-refractivity contribution in [2.45, 2.75) is 6.04 Å². The molecule has 5 nitrogen and oxygen atoms in total. The molecule has 2 N–H and O–H groups in total. The summed E-state index contributed by atoms with van der Waals surface area (Å²) in [4.78, 5) is 16.9. The molecule has 0 aliphatic rings. The summed E-state index contributed by atoms with van der Waals surface area (Å²) < 4.78 is 15.0. The average molecular weight is 360 g/mol. The van der Waals surface area contributed by atoms with E-state index in [0.717, 1.165) is 0 Å². The fraction of sp³-hybridized carbons (Fsp3) is 0.111. The van der Waals surface area contributed by atoms with Crippen molar-refractivity contribution in [3.8, 4) is 5.75 Å². The summed E-state index contributed by atoms with van der Waals surface area (Å²) in [6, 6.07) is 9.48. The standard InChI is InChI=1S/C18H15ClFN3O2/c1-23-9-8-21-17(23)16(11-2-5-13(20)6-3-11)22-18(25)12-4-7-15(24)14(19)10-12/h2-10,16,24H,1H3,(H,22,25). The summed E-state index contributed by atoms with van der Waals surface area (Å²) >= 11 is 5.87. The first-order chi connectivity index (χ1) is 12.0. The Kier molecular flexibility index (Phi) is 4.72. The Hall–Kier alpha value is -2.86. The molecule has 0 bridgehead atoms. The van der Waals surface area contributed by atoms with Gasteiger partial charge in [-0.15, -0.1) is 0 Å². The number of phenolic OH excluding ortho intramolecular Hbond substituents is 1. The van der Waals surface area contributed by atoms with Crippen LogP contribution in [0.25, 0.3) is 0 Å². The molecule has 1 amide bonds. The van der Waals surface area contributed by atoms with Crippen molar-refractivity contribution in [2.75, 3.05) is 0 Å². The Labute approximate surface area is 148 Å². The monoisotopic (exact) mass is 359 g/mol. The zero-order valence-electron chi connectivity index (χ0n) is 13.3. The number of hydrogen-bond acceptors (Lipinski definition) is 3. The van der Waals surface area contributed by atoms with Crippen LogP contribution < -0.4 is 5.32 Å². The number of carbonyl (C=O) groups excluding carboxylic acids is 1. The molecule has 1 heterocycles. The Balaban J connectivity index is 1.94. The third kappa shape index (κ3) is 3.64. The van der Waals surface area contributed by atoms with E-state index in [2.05, 4.69) is 10.3 Å². The molecule has 2 aromatic carbocycles. The Morgan fingerprint density at radius 2 is 2.00 bits per heavy atom. The van der Waals surface area contributed by atoms with Crippen LogP contribution in [0, 0.1) is 5.82 Å². The van der Waals surface area contributed by atoms with Crippen LogP contribution in [0.2, 0.25) is 5.02 Å².